The van der Waals surface area contributed by atoms with Crippen molar-refractivity contribution in [3.05, 3.63) is 48.2 Å². The zero-order valence-electron chi connectivity index (χ0n) is 11.0. The van der Waals surface area contributed by atoms with Crippen LogP contribution in [-0.4, -0.2) is 26.8 Å². The first-order valence-electron chi connectivity index (χ1n) is 6.30. The molecule has 3 aromatic rings. The number of hydrogen-bond acceptors (Lipinski definition) is 5. The van der Waals surface area contributed by atoms with Gasteiger partial charge in [0.15, 0.2) is 5.65 Å². The number of anilines is 2. The average molecular weight is 269 g/mol. The van der Waals surface area contributed by atoms with Crippen molar-refractivity contribution in [2.45, 2.75) is 6.54 Å². The van der Waals surface area contributed by atoms with Crippen LogP contribution in [-0.2, 0) is 6.54 Å². The van der Waals surface area contributed by atoms with Crippen LogP contribution in [0.2, 0.25) is 0 Å². The van der Waals surface area contributed by atoms with Crippen molar-refractivity contribution in [2.24, 2.45) is 0 Å². The molecule has 3 rings (SSSR count). The predicted octanol–water partition coefficient (Wildman–Crippen LogP) is 2.09. The van der Waals surface area contributed by atoms with Crippen LogP contribution in [0.15, 0.2) is 42.6 Å². The monoisotopic (exact) mass is 269 g/mol. The highest BCUT2D eigenvalue weighted by Gasteiger charge is 2.02. The van der Waals surface area contributed by atoms with Gasteiger partial charge in [-0.1, -0.05) is 12.1 Å². The van der Waals surface area contributed by atoms with Crippen LogP contribution in [0, 0.1) is 0 Å². The molecule has 20 heavy (non-hydrogen) atoms. The summed E-state index contributed by atoms with van der Waals surface area (Å²) in [4.78, 5) is 4.33. The summed E-state index contributed by atoms with van der Waals surface area (Å²) in [5.41, 5.74) is 1.87. The van der Waals surface area contributed by atoms with Crippen LogP contribution < -0.4 is 10.6 Å². The number of nitrogens with one attached hydrogen (secondary N) is 2. The Labute approximate surface area is 116 Å². The fourth-order valence-corrected chi connectivity index (χ4v) is 1.90. The third-order valence-electron chi connectivity index (χ3n) is 2.99. The second kappa shape index (κ2) is 5.08. The number of aromatic hydroxyl groups is 1. The summed E-state index contributed by atoms with van der Waals surface area (Å²) < 4.78 is 1.73. The van der Waals surface area contributed by atoms with Gasteiger partial charge >= 0.3 is 0 Å². The molecular formula is C14H15N5O. The fraction of sp³-hybridized carbons (Fsp3) is 0.143. The van der Waals surface area contributed by atoms with Gasteiger partial charge in [-0.05, 0) is 29.8 Å². The number of fused-ring (bicyclic) bond motifs is 1. The molecule has 0 aliphatic heterocycles. The van der Waals surface area contributed by atoms with E-state index in [2.05, 4.69) is 20.7 Å². The van der Waals surface area contributed by atoms with Crippen LogP contribution in [0.5, 0.6) is 5.75 Å². The molecule has 0 amide bonds. The summed E-state index contributed by atoms with van der Waals surface area (Å²) in [5.74, 6) is 1.82. The number of hydrogen-bond donors (Lipinski definition) is 3. The van der Waals surface area contributed by atoms with Crippen molar-refractivity contribution in [1.82, 2.24) is 14.6 Å². The number of benzene rings is 1. The highest BCUT2D eigenvalue weighted by atomic mass is 16.3. The Bertz CT molecular complexity index is 720. The molecule has 0 spiro atoms. The maximum Gasteiger partial charge on any atom is 0.156 e. The average Bonchev–Trinajstić information content (AvgIpc) is 2.89. The molecule has 0 saturated carbocycles. The van der Waals surface area contributed by atoms with Gasteiger partial charge in [0.25, 0.3) is 0 Å². The first-order valence-corrected chi connectivity index (χ1v) is 6.30. The first kappa shape index (κ1) is 12.3. The van der Waals surface area contributed by atoms with Gasteiger partial charge in [0, 0.05) is 13.6 Å². The SMILES string of the molecule is CNc1cn2nc(NCc3ccc(O)cc3)ccc2n1. The molecule has 0 aliphatic rings. The molecule has 0 fully saturated rings. The highest BCUT2D eigenvalue weighted by Crippen LogP contribution is 2.13. The van der Waals surface area contributed by atoms with Crippen molar-refractivity contribution in [3.8, 4) is 5.75 Å². The van der Waals surface area contributed by atoms with E-state index in [1.54, 1.807) is 16.6 Å². The second-order valence-corrected chi connectivity index (χ2v) is 4.42. The summed E-state index contributed by atoms with van der Waals surface area (Å²) in [7, 11) is 1.83. The number of nitrogens with zero attached hydrogens (tertiary/aromatic N) is 3. The van der Waals surface area contributed by atoms with E-state index >= 15 is 0 Å². The lowest BCUT2D eigenvalue weighted by Gasteiger charge is -2.05. The van der Waals surface area contributed by atoms with Gasteiger partial charge in [-0.15, -0.1) is 5.10 Å². The van der Waals surface area contributed by atoms with Crippen LogP contribution in [0.4, 0.5) is 11.6 Å². The summed E-state index contributed by atoms with van der Waals surface area (Å²) in [6, 6.07) is 10.9. The van der Waals surface area contributed by atoms with E-state index in [0.717, 1.165) is 22.8 Å². The van der Waals surface area contributed by atoms with Gasteiger partial charge < -0.3 is 15.7 Å². The molecular weight excluding hydrogens is 254 g/mol. The number of rotatable bonds is 4. The third-order valence-corrected chi connectivity index (χ3v) is 2.99. The molecule has 3 N–H and O–H groups in total. The number of phenols is 1. The maximum absolute atomic E-state index is 9.24. The van der Waals surface area contributed by atoms with E-state index in [-0.39, 0.29) is 5.75 Å². The standard InChI is InChI=1S/C14H15N5O/c1-15-13-9-19-14(17-13)7-6-12(18-19)16-8-10-2-4-11(20)5-3-10/h2-7,9,15,20H,8H2,1H3,(H,16,18). The largest absolute Gasteiger partial charge is 0.508 e. The third kappa shape index (κ3) is 2.49. The van der Waals surface area contributed by atoms with E-state index in [9.17, 15) is 5.11 Å². The lowest BCUT2D eigenvalue weighted by atomic mass is 10.2. The molecule has 0 unspecified atom stereocenters. The first-order chi connectivity index (χ1) is 9.74. The van der Waals surface area contributed by atoms with E-state index in [0.29, 0.717) is 6.54 Å². The van der Waals surface area contributed by atoms with Crippen LogP contribution in [0.3, 0.4) is 0 Å². The Morgan fingerprint density at radius 2 is 1.90 bits per heavy atom. The molecule has 2 aromatic heterocycles. The normalized spacial score (nSPS) is 10.7. The fourth-order valence-electron chi connectivity index (χ4n) is 1.90. The molecule has 102 valence electrons. The van der Waals surface area contributed by atoms with Crippen LogP contribution in [0.25, 0.3) is 5.65 Å². The minimum atomic E-state index is 0.270. The summed E-state index contributed by atoms with van der Waals surface area (Å²) in [6.07, 6.45) is 1.83. The second-order valence-electron chi connectivity index (χ2n) is 4.42. The number of phenolic OH excluding ortho intramolecular Hbond substituents is 1. The minimum absolute atomic E-state index is 0.270. The molecule has 0 atom stereocenters. The zero-order valence-corrected chi connectivity index (χ0v) is 11.0. The van der Waals surface area contributed by atoms with E-state index in [1.165, 1.54) is 0 Å². The van der Waals surface area contributed by atoms with Gasteiger partial charge in [-0.2, -0.15) is 0 Å². The predicted molar refractivity (Wildman–Crippen MR) is 78.0 cm³/mol. The molecule has 0 aliphatic carbocycles. The van der Waals surface area contributed by atoms with Crippen molar-refractivity contribution in [3.63, 3.8) is 0 Å². The molecule has 6 nitrogen and oxygen atoms in total. The topological polar surface area (TPSA) is 74.5 Å². The Balaban J connectivity index is 1.75. The minimum Gasteiger partial charge on any atom is -0.508 e. The highest BCUT2D eigenvalue weighted by molar-refractivity contribution is 5.50. The Morgan fingerprint density at radius 1 is 1.10 bits per heavy atom. The smallest absolute Gasteiger partial charge is 0.156 e. The lowest BCUT2D eigenvalue weighted by molar-refractivity contribution is 0.475. The summed E-state index contributed by atoms with van der Waals surface area (Å²) >= 11 is 0. The maximum atomic E-state index is 9.24. The molecule has 6 heteroatoms. The summed E-state index contributed by atoms with van der Waals surface area (Å²) in [5, 5.41) is 19.9. The van der Waals surface area contributed by atoms with E-state index < -0.39 is 0 Å². The van der Waals surface area contributed by atoms with E-state index in [4.69, 9.17) is 0 Å². The van der Waals surface area contributed by atoms with Crippen molar-refractivity contribution in [1.29, 1.82) is 0 Å². The molecule has 2 heterocycles. The Hall–Kier alpha value is -2.76. The van der Waals surface area contributed by atoms with Crippen LogP contribution in [0.1, 0.15) is 5.56 Å². The quantitative estimate of drug-likeness (QED) is 0.676. The van der Waals surface area contributed by atoms with Gasteiger partial charge in [0.05, 0.1) is 6.20 Å². The molecule has 1 aromatic carbocycles. The van der Waals surface area contributed by atoms with Crippen LogP contribution >= 0.6 is 0 Å². The molecule has 0 radical (unpaired) electrons. The lowest BCUT2D eigenvalue weighted by Crippen LogP contribution is -2.03. The van der Waals surface area contributed by atoms with Gasteiger partial charge in [0.1, 0.15) is 17.4 Å². The van der Waals surface area contributed by atoms with Gasteiger partial charge in [-0.25, -0.2) is 9.50 Å². The Kier molecular flexibility index (Phi) is 3.12. The zero-order chi connectivity index (χ0) is 13.9. The number of aromatic nitrogens is 3. The number of imidazole rings is 1. The summed E-state index contributed by atoms with van der Waals surface area (Å²) in [6.45, 7) is 0.645. The van der Waals surface area contributed by atoms with E-state index in [1.807, 2.05) is 37.5 Å². The van der Waals surface area contributed by atoms with Crippen molar-refractivity contribution >= 4 is 17.3 Å². The Morgan fingerprint density at radius 3 is 2.65 bits per heavy atom. The van der Waals surface area contributed by atoms with Crippen molar-refractivity contribution in [2.75, 3.05) is 17.7 Å². The van der Waals surface area contributed by atoms with Gasteiger partial charge in [-0.3, -0.25) is 0 Å². The van der Waals surface area contributed by atoms with Gasteiger partial charge in [0.2, 0.25) is 0 Å². The molecule has 0 saturated heterocycles. The van der Waals surface area contributed by atoms with Crippen molar-refractivity contribution < 1.29 is 5.11 Å². The molecule has 0 bridgehead atoms.